The molecule has 0 aliphatic heterocycles. The molecule has 0 spiro atoms. The lowest BCUT2D eigenvalue weighted by atomic mass is 10.0. The van der Waals surface area contributed by atoms with Crippen LogP contribution in [0, 0.1) is 12.7 Å². The number of fused-ring (bicyclic) bond motifs is 1. The van der Waals surface area contributed by atoms with Crippen LogP contribution in [0.15, 0.2) is 30.3 Å². The number of alkyl halides is 2. The molecule has 1 heterocycles. The number of aryl methyl sites for hydroxylation is 1. The van der Waals surface area contributed by atoms with E-state index >= 15 is 0 Å². The highest BCUT2D eigenvalue weighted by atomic mass is 19.3. The lowest BCUT2D eigenvalue weighted by Crippen LogP contribution is -2.16. The predicted molar refractivity (Wildman–Crippen MR) is 116 cm³/mol. The van der Waals surface area contributed by atoms with Gasteiger partial charge in [0.25, 0.3) is 5.92 Å². The second kappa shape index (κ2) is 9.20. The number of hydrogen-bond donors (Lipinski definition) is 2. The van der Waals surface area contributed by atoms with Gasteiger partial charge in [0, 0.05) is 23.9 Å². The number of benzene rings is 2. The largest absolute Gasteiger partial charge is 0.493 e. The minimum absolute atomic E-state index is 0.0526. The lowest BCUT2D eigenvalue weighted by Gasteiger charge is -2.21. The van der Waals surface area contributed by atoms with Crippen molar-refractivity contribution in [2.45, 2.75) is 45.8 Å². The van der Waals surface area contributed by atoms with Crippen molar-refractivity contribution in [2.75, 3.05) is 19.0 Å². The smallest absolute Gasteiger partial charge is 0.273 e. The van der Waals surface area contributed by atoms with Gasteiger partial charge in [0.05, 0.1) is 30.3 Å². The van der Waals surface area contributed by atoms with Gasteiger partial charge in [-0.3, -0.25) is 0 Å². The van der Waals surface area contributed by atoms with Gasteiger partial charge in [-0.1, -0.05) is 18.2 Å². The molecule has 9 heteroatoms. The van der Waals surface area contributed by atoms with Crippen LogP contribution in [0.5, 0.6) is 11.5 Å². The fraction of sp³-hybridized carbons (Fsp3) is 0.391. The van der Waals surface area contributed by atoms with Crippen LogP contribution in [0.2, 0.25) is 0 Å². The fourth-order valence-corrected chi connectivity index (χ4v) is 3.35. The Bertz CT molecular complexity index is 1120. The monoisotopic (exact) mass is 449 g/mol. The molecule has 2 N–H and O–H groups in total. The van der Waals surface area contributed by atoms with Crippen LogP contribution >= 0.6 is 0 Å². The summed E-state index contributed by atoms with van der Waals surface area (Å²) in [6.45, 7) is 5.68. The summed E-state index contributed by atoms with van der Waals surface area (Å²) in [6.07, 6.45) is -0.686. The van der Waals surface area contributed by atoms with Gasteiger partial charge in [-0.2, -0.15) is 0 Å². The Balaban J connectivity index is 2.04. The number of aliphatic hydroxyl groups excluding tert-OH is 1. The molecule has 3 rings (SSSR count). The summed E-state index contributed by atoms with van der Waals surface area (Å²) < 4.78 is 53.4. The Labute approximate surface area is 184 Å². The molecule has 1 unspecified atom stereocenters. The highest BCUT2D eigenvalue weighted by Crippen LogP contribution is 2.37. The summed E-state index contributed by atoms with van der Waals surface area (Å²) in [5, 5.41) is 13.2. The molecular formula is C23H26F3N3O3. The van der Waals surface area contributed by atoms with Gasteiger partial charge in [-0.15, -0.1) is 0 Å². The molecule has 0 aliphatic carbocycles. The van der Waals surface area contributed by atoms with Crippen molar-refractivity contribution in [1.82, 2.24) is 9.97 Å². The van der Waals surface area contributed by atoms with Crippen LogP contribution in [-0.2, 0) is 5.92 Å². The molecule has 2 aromatic carbocycles. The Morgan fingerprint density at radius 2 is 1.88 bits per heavy atom. The van der Waals surface area contributed by atoms with Gasteiger partial charge in [-0.05, 0) is 26.8 Å². The number of aromatic nitrogens is 2. The number of nitrogens with zero attached hydrogens (tertiary/aromatic N) is 2. The number of hydrogen-bond acceptors (Lipinski definition) is 6. The van der Waals surface area contributed by atoms with Crippen molar-refractivity contribution < 1.29 is 27.8 Å². The van der Waals surface area contributed by atoms with E-state index in [0.717, 1.165) is 6.07 Å². The quantitative estimate of drug-likeness (QED) is 0.497. The first-order valence-corrected chi connectivity index (χ1v) is 10.1. The normalized spacial score (nSPS) is 13.7. The Morgan fingerprint density at radius 1 is 1.16 bits per heavy atom. The summed E-state index contributed by atoms with van der Waals surface area (Å²) in [7, 11) is 1.49. The van der Waals surface area contributed by atoms with Crippen LogP contribution in [0.1, 0.15) is 43.8 Å². The maximum atomic E-state index is 14.8. The van der Waals surface area contributed by atoms with Gasteiger partial charge in [-0.25, -0.2) is 23.1 Å². The van der Waals surface area contributed by atoms with Crippen LogP contribution in [0.25, 0.3) is 10.9 Å². The maximum Gasteiger partial charge on any atom is 0.273 e. The first-order valence-electron chi connectivity index (χ1n) is 10.1. The van der Waals surface area contributed by atoms with Gasteiger partial charge >= 0.3 is 0 Å². The van der Waals surface area contributed by atoms with Crippen LogP contribution in [0.3, 0.4) is 0 Å². The van der Waals surface area contributed by atoms with E-state index in [4.69, 9.17) is 9.47 Å². The predicted octanol–water partition coefficient (Wildman–Crippen LogP) is 5.13. The third kappa shape index (κ3) is 5.04. The third-order valence-electron chi connectivity index (χ3n) is 4.89. The Morgan fingerprint density at radius 3 is 2.50 bits per heavy atom. The van der Waals surface area contributed by atoms with Gasteiger partial charge in [0.15, 0.2) is 11.5 Å². The molecule has 0 amide bonds. The molecule has 0 aliphatic rings. The number of halogens is 3. The average molecular weight is 449 g/mol. The molecule has 1 aromatic heterocycles. The standard InChI is InChI=1S/C23H26F3N3O3/c1-12(30)11-32-20-9-16-18(10-19(20)31-5)28-14(3)29-22(16)27-13(2)15-7-6-8-17(21(15)24)23(4,25)26/h6-10,12-13,30H,11H2,1-5H3,(H,27,28,29)/t12?,13-/m1/s1. The van der Waals surface area contributed by atoms with E-state index < -0.39 is 29.4 Å². The number of aliphatic hydroxyl groups is 1. The molecule has 172 valence electrons. The summed E-state index contributed by atoms with van der Waals surface area (Å²) in [5.41, 5.74) is -0.0128. The zero-order valence-electron chi connectivity index (χ0n) is 18.5. The molecule has 0 radical (unpaired) electrons. The molecule has 0 fully saturated rings. The van der Waals surface area contributed by atoms with Gasteiger partial charge in [0.1, 0.15) is 24.1 Å². The minimum atomic E-state index is -3.30. The van der Waals surface area contributed by atoms with E-state index in [9.17, 15) is 18.3 Å². The highest BCUT2D eigenvalue weighted by Gasteiger charge is 2.30. The van der Waals surface area contributed by atoms with Crippen LogP contribution in [-0.4, -0.2) is 34.9 Å². The van der Waals surface area contributed by atoms with Crippen LogP contribution in [0.4, 0.5) is 19.0 Å². The molecule has 3 aromatic rings. The first kappa shape index (κ1) is 23.6. The zero-order chi connectivity index (χ0) is 23.6. The number of anilines is 1. The number of ether oxygens (including phenoxy) is 2. The zero-order valence-corrected chi connectivity index (χ0v) is 18.5. The molecule has 0 saturated heterocycles. The van der Waals surface area contributed by atoms with Crippen molar-refractivity contribution in [3.63, 3.8) is 0 Å². The second-order valence-electron chi connectivity index (χ2n) is 7.76. The first-order chi connectivity index (χ1) is 15.0. The van der Waals surface area contributed by atoms with Crippen molar-refractivity contribution in [3.05, 3.63) is 53.1 Å². The second-order valence-corrected chi connectivity index (χ2v) is 7.76. The van der Waals surface area contributed by atoms with Crippen molar-refractivity contribution >= 4 is 16.7 Å². The van der Waals surface area contributed by atoms with E-state index in [1.54, 1.807) is 32.9 Å². The summed E-state index contributed by atoms with van der Waals surface area (Å²) in [4.78, 5) is 8.84. The summed E-state index contributed by atoms with van der Waals surface area (Å²) in [5.74, 6) is -2.61. The van der Waals surface area contributed by atoms with E-state index in [0.29, 0.717) is 41.0 Å². The number of rotatable bonds is 8. The Kier molecular flexibility index (Phi) is 6.78. The van der Waals surface area contributed by atoms with E-state index in [2.05, 4.69) is 15.3 Å². The summed E-state index contributed by atoms with van der Waals surface area (Å²) >= 11 is 0. The maximum absolute atomic E-state index is 14.8. The Hall–Kier alpha value is -3.07. The molecular weight excluding hydrogens is 423 g/mol. The minimum Gasteiger partial charge on any atom is -0.493 e. The molecule has 0 bridgehead atoms. The lowest BCUT2D eigenvalue weighted by molar-refractivity contribution is 0.0136. The summed E-state index contributed by atoms with van der Waals surface area (Å²) in [6, 6.07) is 6.61. The van der Waals surface area contributed by atoms with Crippen LogP contribution < -0.4 is 14.8 Å². The fourth-order valence-electron chi connectivity index (χ4n) is 3.35. The van der Waals surface area contributed by atoms with Crippen molar-refractivity contribution in [2.24, 2.45) is 0 Å². The third-order valence-corrected chi connectivity index (χ3v) is 4.89. The van der Waals surface area contributed by atoms with E-state index in [-0.39, 0.29) is 12.2 Å². The van der Waals surface area contributed by atoms with Gasteiger partial charge in [0.2, 0.25) is 0 Å². The molecule has 32 heavy (non-hydrogen) atoms. The van der Waals surface area contributed by atoms with Crippen molar-refractivity contribution in [3.8, 4) is 11.5 Å². The van der Waals surface area contributed by atoms with E-state index in [1.165, 1.54) is 19.2 Å². The van der Waals surface area contributed by atoms with Crippen molar-refractivity contribution in [1.29, 1.82) is 0 Å². The molecule has 2 atom stereocenters. The number of nitrogens with one attached hydrogen (secondary N) is 1. The average Bonchev–Trinajstić information content (AvgIpc) is 2.70. The molecule has 6 nitrogen and oxygen atoms in total. The topological polar surface area (TPSA) is 76.5 Å². The van der Waals surface area contributed by atoms with E-state index in [1.807, 2.05) is 0 Å². The van der Waals surface area contributed by atoms with Gasteiger partial charge < -0.3 is 19.9 Å². The number of methoxy groups -OCH3 is 1. The molecule has 0 saturated carbocycles. The SMILES string of the molecule is COc1cc2nc(C)nc(N[C@H](C)c3cccc(C(C)(F)F)c3F)c2cc1OCC(C)O. The highest BCUT2D eigenvalue weighted by molar-refractivity contribution is 5.92.